The van der Waals surface area contributed by atoms with Gasteiger partial charge in [-0.15, -0.1) is 0 Å². The molecule has 16 nitrogen and oxygen atoms in total. The van der Waals surface area contributed by atoms with Gasteiger partial charge in [-0.05, 0) is 112 Å². The van der Waals surface area contributed by atoms with Gasteiger partial charge in [-0.1, -0.05) is 0 Å². The Morgan fingerprint density at radius 1 is 0.542 bits per heavy atom. The summed E-state index contributed by atoms with van der Waals surface area (Å²) in [6.45, 7) is 19.1. The van der Waals surface area contributed by atoms with Crippen molar-refractivity contribution in [2.75, 3.05) is 158 Å². The monoisotopic (exact) mass is 842 g/mol. The molecule has 2 aliphatic heterocycles. The van der Waals surface area contributed by atoms with Crippen molar-refractivity contribution in [2.45, 2.75) is 96.5 Å². The van der Waals surface area contributed by atoms with Crippen molar-refractivity contribution in [3.63, 3.8) is 0 Å². The zero-order valence-electron chi connectivity index (χ0n) is 37.3. The average molecular weight is 842 g/mol. The number of hydrogen-bond donors (Lipinski definition) is 3. The molecule has 2 aliphatic rings. The van der Waals surface area contributed by atoms with Crippen molar-refractivity contribution in [1.82, 2.24) is 35.1 Å². The summed E-state index contributed by atoms with van der Waals surface area (Å²) in [6.07, 6.45) is 7.87. The van der Waals surface area contributed by atoms with Crippen molar-refractivity contribution < 1.29 is 43.2 Å². The predicted molar refractivity (Wildman–Crippen MR) is 230 cm³/mol. The number of piperazine rings is 2. The molecule has 2 fully saturated rings. The largest absolute Gasteiger partial charge is 0.466 e. The van der Waals surface area contributed by atoms with Gasteiger partial charge in [-0.2, -0.15) is 0 Å². The first-order valence-electron chi connectivity index (χ1n) is 22.8. The van der Waals surface area contributed by atoms with E-state index < -0.39 is 6.10 Å². The molecule has 344 valence electrons. The van der Waals surface area contributed by atoms with Crippen LogP contribution in [0.25, 0.3) is 0 Å². The Bertz CT molecular complexity index is 1090. The molecule has 0 spiro atoms. The fourth-order valence-electron chi connectivity index (χ4n) is 6.85. The highest BCUT2D eigenvalue weighted by Crippen LogP contribution is 2.07. The van der Waals surface area contributed by atoms with Gasteiger partial charge < -0.3 is 59.2 Å². The van der Waals surface area contributed by atoms with E-state index in [0.29, 0.717) is 90.9 Å². The maximum absolute atomic E-state index is 12.9. The van der Waals surface area contributed by atoms with Gasteiger partial charge in [0.2, 0.25) is 0 Å². The molecule has 0 radical (unpaired) electrons. The van der Waals surface area contributed by atoms with Crippen molar-refractivity contribution in [2.24, 2.45) is 0 Å². The summed E-state index contributed by atoms with van der Waals surface area (Å²) < 4.78 is 21.9. The second-order valence-electron chi connectivity index (χ2n) is 16.2. The van der Waals surface area contributed by atoms with E-state index in [9.17, 15) is 19.2 Å². The van der Waals surface area contributed by atoms with E-state index in [-0.39, 0.29) is 43.3 Å². The molecule has 0 saturated carbocycles. The van der Waals surface area contributed by atoms with E-state index in [1.165, 1.54) is 0 Å². The van der Waals surface area contributed by atoms with Gasteiger partial charge in [-0.25, -0.2) is 0 Å². The number of rotatable bonds is 37. The van der Waals surface area contributed by atoms with Crippen LogP contribution in [0.3, 0.4) is 0 Å². The van der Waals surface area contributed by atoms with Crippen LogP contribution >= 0.6 is 0 Å². The standard InChI is InChI=1S/C43H83N7O9/c1-39(56-35-7-8-36-57-41(53)13-19-44-17-11-22-49-30-26-46(2)27-31-49)40(52)15-24-48(21-5-4-6-34-51)25-16-43(55)59-38-10-9-37-58-42(54)14-20-45-18-12-23-50-32-28-47(3)29-33-50/h39,44-45,51H,4-38H2,1-3H3. The Kier molecular flexibility index (Phi) is 31.7. The van der Waals surface area contributed by atoms with Gasteiger partial charge in [-0.3, -0.25) is 19.2 Å². The molecule has 0 aliphatic carbocycles. The number of Topliss-reactive ketones (excluding diaryl/α,β-unsaturated/α-hetero) is 1. The van der Waals surface area contributed by atoms with Crippen LogP contribution in [0, 0.1) is 0 Å². The first-order valence-corrected chi connectivity index (χ1v) is 22.8. The van der Waals surface area contributed by atoms with E-state index >= 15 is 0 Å². The minimum atomic E-state index is -0.542. The molecule has 2 rings (SSSR count). The molecule has 59 heavy (non-hydrogen) atoms. The van der Waals surface area contributed by atoms with Crippen LogP contribution in [0.4, 0.5) is 0 Å². The van der Waals surface area contributed by atoms with E-state index in [2.05, 4.69) is 49.2 Å². The van der Waals surface area contributed by atoms with Crippen LogP contribution in [-0.2, 0) is 38.1 Å². The normalized spacial score (nSPS) is 16.4. The number of unbranched alkanes of at least 4 members (excludes halogenated alkanes) is 4. The van der Waals surface area contributed by atoms with E-state index in [1.54, 1.807) is 6.92 Å². The molecule has 0 bridgehead atoms. The lowest BCUT2D eigenvalue weighted by atomic mass is 10.1. The summed E-state index contributed by atoms with van der Waals surface area (Å²) in [5.74, 6) is -0.710. The molecule has 16 heteroatoms. The highest BCUT2D eigenvalue weighted by atomic mass is 16.5. The first-order chi connectivity index (χ1) is 28.7. The second-order valence-corrected chi connectivity index (χ2v) is 16.2. The number of carbonyl (C=O) groups is 4. The lowest BCUT2D eigenvalue weighted by molar-refractivity contribution is -0.146. The van der Waals surface area contributed by atoms with Crippen molar-refractivity contribution in [1.29, 1.82) is 0 Å². The highest BCUT2D eigenvalue weighted by Gasteiger charge is 2.17. The molecular weight excluding hydrogens is 759 g/mol. The minimum Gasteiger partial charge on any atom is -0.466 e. The predicted octanol–water partition coefficient (Wildman–Crippen LogP) is 1.63. The molecule has 1 atom stereocenters. The van der Waals surface area contributed by atoms with Gasteiger partial charge in [0.25, 0.3) is 0 Å². The van der Waals surface area contributed by atoms with Crippen LogP contribution in [0.1, 0.15) is 90.4 Å². The van der Waals surface area contributed by atoms with Gasteiger partial charge in [0.05, 0.1) is 39.1 Å². The molecule has 2 saturated heterocycles. The van der Waals surface area contributed by atoms with Crippen molar-refractivity contribution in [3.8, 4) is 0 Å². The molecule has 0 aromatic rings. The van der Waals surface area contributed by atoms with Crippen LogP contribution < -0.4 is 10.6 Å². The lowest BCUT2D eigenvalue weighted by Gasteiger charge is -2.32. The number of ether oxygens (including phenoxy) is 4. The third-order valence-electron chi connectivity index (χ3n) is 11.0. The summed E-state index contributed by atoms with van der Waals surface area (Å²) in [7, 11) is 4.32. The fourth-order valence-corrected chi connectivity index (χ4v) is 6.85. The fraction of sp³-hybridized carbons (Fsp3) is 0.907. The number of esters is 3. The van der Waals surface area contributed by atoms with E-state index in [0.717, 1.165) is 117 Å². The molecule has 0 amide bonds. The smallest absolute Gasteiger partial charge is 0.307 e. The van der Waals surface area contributed by atoms with Gasteiger partial charge in [0.15, 0.2) is 5.78 Å². The summed E-state index contributed by atoms with van der Waals surface area (Å²) in [4.78, 5) is 61.2. The SMILES string of the molecule is CC(OCCCCOC(=O)CCNCCCN1CCN(C)CC1)C(=O)CCN(CCCCCO)CCC(=O)OCCCCOC(=O)CCNCCCN1CCN(C)CC1. The number of aliphatic hydroxyl groups excluding tert-OH is 1. The number of carbonyl (C=O) groups excluding carboxylic acids is 4. The van der Waals surface area contributed by atoms with Gasteiger partial charge in [0, 0.05) is 98.2 Å². The van der Waals surface area contributed by atoms with E-state index in [4.69, 9.17) is 24.1 Å². The average Bonchev–Trinajstić information content (AvgIpc) is 3.23. The zero-order valence-corrected chi connectivity index (χ0v) is 37.3. The molecular formula is C43H83N7O9. The topological polar surface area (TPSA) is 166 Å². The second kappa shape index (κ2) is 35.3. The number of likely N-dealkylation sites (N-methyl/N-ethyl adjacent to an activating group) is 2. The summed E-state index contributed by atoms with van der Waals surface area (Å²) in [5.41, 5.74) is 0. The number of nitrogens with zero attached hydrogens (tertiary/aromatic N) is 5. The van der Waals surface area contributed by atoms with Crippen LogP contribution in [-0.4, -0.2) is 218 Å². The number of hydrogen-bond acceptors (Lipinski definition) is 16. The molecule has 3 N–H and O–H groups in total. The maximum atomic E-state index is 12.9. The number of nitrogens with one attached hydrogen (secondary N) is 2. The minimum absolute atomic E-state index is 0.00377. The third kappa shape index (κ3) is 29.6. The number of aliphatic hydroxyl groups is 1. The van der Waals surface area contributed by atoms with Crippen LogP contribution in [0.2, 0.25) is 0 Å². The first kappa shape index (κ1) is 52.9. The molecule has 0 aromatic carbocycles. The lowest BCUT2D eigenvalue weighted by Crippen LogP contribution is -2.45. The van der Waals surface area contributed by atoms with Crippen molar-refractivity contribution in [3.05, 3.63) is 0 Å². The maximum Gasteiger partial charge on any atom is 0.307 e. The van der Waals surface area contributed by atoms with Gasteiger partial charge >= 0.3 is 17.9 Å². The van der Waals surface area contributed by atoms with E-state index in [1.807, 2.05) is 0 Å². The molecule has 0 aromatic heterocycles. The Labute approximate surface area is 356 Å². The van der Waals surface area contributed by atoms with Gasteiger partial charge in [0.1, 0.15) is 6.10 Å². The summed E-state index contributed by atoms with van der Waals surface area (Å²) in [6, 6.07) is 0. The molecule has 1 unspecified atom stereocenters. The van der Waals surface area contributed by atoms with Crippen LogP contribution in [0.5, 0.6) is 0 Å². The Balaban J connectivity index is 1.45. The summed E-state index contributed by atoms with van der Waals surface area (Å²) in [5, 5.41) is 15.8. The Morgan fingerprint density at radius 3 is 1.49 bits per heavy atom. The highest BCUT2D eigenvalue weighted by molar-refractivity contribution is 5.82. The molecule has 2 heterocycles. The quantitative estimate of drug-likeness (QED) is 0.0469. The van der Waals surface area contributed by atoms with Crippen molar-refractivity contribution >= 4 is 23.7 Å². The Hall–Kier alpha value is -2.28. The van der Waals surface area contributed by atoms with Crippen LogP contribution in [0.15, 0.2) is 0 Å². The third-order valence-corrected chi connectivity index (χ3v) is 11.0. The zero-order chi connectivity index (χ0) is 42.8. The summed E-state index contributed by atoms with van der Waals surface area (Å²) >= 11 is 0. The number of ketones is 1. The Morgan fingerprint density at radius 2 is 1.00 bits per heavy atom.